The summed E-state index contributed by atoms with van der Waals surface area (Å²) in [5, 5.41) is 8.58. The Hall–Kier alpha value is -1.38. The van der Waals surface area contributed by atoms with Crippen LogP contribution in [0.15, 0.2) is 18.2 Å². The largest absolute Gasteiger partial charge is 0.490 e. The van der Waals surface area contributed by atoms with E-state index in [1.807, 2.05) is 6.07 Å². The maximum atomic E-state index is 12.7. The minimum Gasteiger partial charge on any atom is -0.490 e. The lowest BCUT2D eigenvalue weighted by atomic mass is 10.1. The van der Waals surface area contributed by atoms with E-state index in [0.717, 1.165) is 12.1 Å². The van der Waals surface area contributed by atoms with Crippen molar-refractivity contribution >= 4 is 12.4 Å². The fraction of sp³-hybridized carbons (Fsp3) is 0.300. The van der Waals surface area contributed by atoms with Crippen LogP contribution in [-0.4, -0.2) is 12.1 Å². The van der Waals surface area contributed by atoms with Crippen molar-refractivity contribution < 1.29 is 13.5 Å². The van der Waals surface area contributed by atoms with Crippen LogP contribution in [0.2, 0.25) is 0 Å². The van der Waals surface area contributed by atoms with E-state index in [4.69, 9.17) is 15.7 Å². The molecule has 6 heteroatoms. The van der Waals surface area contributed by atoms with Crippen LogP contribution >= 0.6 is 12.4 Å². The van der Waals surface area contributed by atoms with Gasteiger partial charge in [-0.1, -0.05) is 0 Å². The molecule has 88 valence electrons. The highest BCUT2D eigenvalue weighted by molar-refractivity contribution is 5.85. The molecule has 2 N–H and O–H groups in total. The molecule has 0 aliphatic heterocycles. The number of halogens is 3. The fourth-order valence-corrected chi connectivity index (χ4v) is 0.832. The van der Waals surface area contributed by atoms with Crippen LogP contribution in [-0.2, 0) is 0 Å². The number of ether oxygens (including phenoxy) is 1. The van der Waals surface area contributed by atoms with E-state index in [9.17, 15) is 8.78 Å². The van der Waals surface area contributed by atoms with Crippen LogP contribution in [0.4, 0.5) is 8.78 Å². The van der Waals surface area contributed by atoms with Gasteiger partial charge in [-0.05, 0) is 19.1 Å². The number of hydrogen-bond donors (Lipinski definition) is 1. The number of rotatable bonds is 3. The summed E-state index contributed by atoms with van der Waals surface area (Å²) >= 11 is 0. The molecule has 0 spiro atoms. The van der Waals surface area contributed by atoms with Gasteiger partial charge in [0.1, 0.15) is 17.9 Å². The number of nitrogens with zero attached hydrogens (tertiary/aromatic N) is 1. The third kappa shape index (κ3) is 4.01. The molecule has 0 radical (unpaired) electrons. The Kier molecular flexibility index (Phi) is 5.15. The minimum atomic E-state index is -1.15. The van der Waals surface area contributed by atoms with Gasteiger partial charge in [0.25, 0.3) is 0 Å². The fourth-order valence-electron chi connectivity index (χ4n) is 0.832. The Morgan fingerprint density at radius 3 is 2.56 bits per heavy atom. The summed E-state index contributed by atoms with van der Waals surface area (Å²) in [4.78, 5) is 0. The number of hydrogen-bond acceptors (Lipinski definition) is 3. The van der Waals surface area contributed by atoms with Crippen LogP contribution in [0.1, 0.15) is 6.92 Å². The van der Waals surface area contributed by atoms with Crippen LogP contribution in [0, 0.1) is 23.0 Å². The van der Waals surface area contributed by atoms with Crippen LogP contribution in [0.25, 0.3) is 0 Å². The lowest BCUT2D eigenvalue weighted by Crippen LogP contribution is -2.40. The molecule has 0 aliphatic carbocycles. The summed E-state index contributed by atoms with van der Waals surface area (Å²) in [7, 11) is 0. The number of nitriles is 1. The molecule has 0 aromatic heterocycles. The van der Waals surface area contributed by atoms with Gasteiger partial charge in [-0.3, -0.25) is 0 Å². The van der Waals surface area contributed by atoms with Crippen molar-refractivity contribution in [2.45, 2.75) is 12.5 Å². The molecule has 1 atom stereocenters. The maximum Gasteiger partial charge on any atom is 0.162 e. The van der Waals surface area contributed by atoms with Gasteiger partial charge >= 0.3 is 0 Å². The first-order chi connectivity index (χ1) is 6.94. The summed E-state index contributed by atoms with van der Waals surface area (Å²) in [6.07, 6.45) is 0. The quantitative estimate of drug-likeness (QED) is 0.890. The first kappa shape index (κ1) is 14.6. The van der Waals surface area contributed by atoms with Crippen molar-refractivity contribution in [2.24, 2.45) is 5.73 Å². The second-order valence-electron chi connectivity index (χ2n) is 3.39. The van der Waals surface area contributed by atoms with Gasteiger partial charge in [-0.2, -0.15) is 5.26 Å². The van der Waals surface area contributed by atoms with E-state index >= 15 is 0 Å². The van der Waals surface area contributed by atoms with Crippen LogP contribution in [0.3, 0.4) is 0 Å². The predicted octanol–water partition coefficient (Wildman–Crippen LogP) is 2.01. The highest BCUT2D eigenvalue weighted by Crippen LogP contribution is 2.16. The summed E-state index contributed by atoms with van der Waals surface area (Å²) < 4.78 is 30.3. The molecule has 1 aromatic carbocycles. The van der Waals surface area contributed by atoms with Gasteiger partial charge in [0.05, 0.1) is 6.07 Å². The Labute approximate surface area is 98.2 Å². The smallest absolute Gasteiger partial charge is 0.162 e. The molecule has 16 heavy (non-hydrogen) atoms. The molecule has 0 saturated heterocycles. The second-order valence-corrected chi connectivity index (χ2v) is 3.39. The molecular formula is C10H11ClF2N2O. The van der Waals surface area contributed by atoms with E-state index < -0.39 is 17.2 Å². The van der Waals surface area contributed by atoms with E-state index in [0.29, 0.717) is 0 Å². The summed E-state index contributed by atoms with van der Waals surface area (Å²) in [5.41, 5.74) is 4.33. The SMILES string of the molecule is CC(N)(C#N)COc1ccc(F)c(F)c1.Cl. The van der Waals surface area contributed by atoms with Gasteiger partial charge in [0.2, 0.25) is 0 Å². The Balaban J connectivity index is 0.00000225. The molecule has 0 amide bonds. The van der Waals surface area contributed by atoms with Crippen molar-refractivity contribution in [3.8, 4) is 11.8 Å². The molecule has 1 aromatic rings. The summed E-state index contributed by atoms with van der Waals surface area (Å²) in [5.74, 6) is -1.80. The molecule has 0 saturated carbocycles. The normalized spacial score (nSPS) is 13.2. The third-order valence-corrected chi connectivity index (χ3v) is 1.69. The zero-order chi connectivity index (χ0) is 11.5. The van der Waals surface area contributed by atoms with Crippen molar-refractivity contribution in [1.29, 1.82) is 5.26 Å². The number of benzene rings is 1. The molecule has 1 unspecified atom stereocenters. The zero-order valence-corrected chi connectivity index (χ0v) is 9.35. The standard InChI is InChI=1S/C10H10F2N2O.ClH/c1-10(14,5-13)6-15-7-2-3-8(11)9(12)4-7;/h2-4H,6,14H2,1H3;1H. The van der Waals surface area contributed by atoms with Crippen molar-refractivity contribution in [2.75, 3.05) is 6.61 Å². The number of nitrogens with two attached hydrogens (primary N) is 1. The topological polar surface area (TPSA) is 59.0 Å². The van der Waals surface area contributed by atoms with Gasteiger partial charge in [-0.25, -0.2) is 8.78 Å². The molecule has 3 nitrogen and oxygen atoms in total. The maximum absolute atomic E-state index is 12.7. The summed E-state index contributed by atoms with van der Waals surface area (Å²) in [6.45, 7) is 1.39. The van der Waals surface area contributed by atoms with E-state index in [1.54, 1.807) is 0 Å². The summed E-state index contributed by atoms with van der Waals surface area (Å²) in [6, 6.07) is 4.95. The van der Waals surface area contributed by atoms with E-state index in [-0.39, 0.29) is 24.8 Å². The van der Waals surface area contributed by atoms with Gasteiger partial charge < -0.3 is 10.5 Å². The minimum absolute atomic E-state index is 0. The van der Waals surface area contributed by atoms with Crippen molar-refractivity contribution in [1.82, 2.24) is 0 Å². The molecule has 0 fully saturated rings. The van der Waals surface area contributed by atoms with Gasteiger partial charge in [0, 0.05) is 6.07 Å². The second kappa shape index (κ2) is 5.64. The first-order valence-corrected chi connectivity index (χ1v) is 4.22. The van der Waals surface area contributed by atoms with Crippen LogP contribution < -0.4 is 10.5 Å². The van der Waals surface area contributed by atoms with Crippen molar-refractivity contribution in [3.63, 3.8) is 0 Å². The van der Waals surface area contributed by atoms with E-state index in [2.05, 4.69) is 0 Å². The Morgan fingerprint density at radius 2 is 2.06 bits per heavy atom. The van der Waals surface area contributed by atoms with E-state index in [1.165, 1.54) is 13.0 Å². The van der Waals surface area contributed by atoms with Crippen molar-refractivity contribution in [3.05, 3.63) is 29.8 Å². The first-order valence-electron chi connectivity index (χ1n) is 4.22. The predicted molar refractivity (Wildman–Crippen MR) is 57.3 cm³/mol. The monoisotopic (exact) mass is 248 g/mol. The third-order valence-electron chi connectivity index (χ3n) is 1.69. The Morgan fingerprint density at radius 1 is 1.44 bits per heavy atom. The highest BCUT2D eigenvalue weighted by atomic mass is 35.5. The zero-order valence-electron chi connectivity index (χ0n) is 8.54. The molecule has 0 aliphatic rings. The molecular weight excluding hydrogens is 238 g/mol. The lowest BCUT2D eigenvalue weighted by Gasteiger charge is -2.16. The van der Waals surface area contributed by atoms with Gasteiger partial charge in [0.15, 0.2) is 11.6 Å². The average molecular weight is 249 g/mol. The highest BCUT2D eigenvalue weighted by Gasteiger charge is 2.18. The molecule has 1 rings (SSSR count). The molecule has 0 bridgehead atoms. The average Bonchev–Trinajstić information content (AvgIpc) is 2.20. The molecule has 0 heterocycles. The van der Waals surface area contributed by atoms with Crippen LogP contribution in [0.5, 0.6) is 5.75 Å². The Bertz CT molecular complexity index is 404. The van der Waals surface area contributed by atoms with Gasteiger partial charge in [-0.15, -0.1) is 12.4 Å². The lowest BCUT2D eigenvalue weighted by molar-refractivity contribution is 0.263.